The molecule has 0 rings (SSSR count). The number of unbranched alkanes of at least 4 members (excludes halogenated alkanes) is 16. The number of hydrogen-bond donors (Lipinski definition) is 0. The predicted molar refractivity (Wildman–Crippen MR) is 214 cm³/mol. The summed E-state index contributed by atoms with van der Waals surface area (Å²) in [7, 11) is 4.03. The van der Waals surface area contributed by atoms with Gasteiger partial charge in [0.2, 0.25) is 0 Å². The van der Waals surface area contributed by atoms with Crippen molar-refractivity contribution >= 4 is 17.9 Å². The fourth-order valence-corrected chi connectivity index (χ4v) is 5.84. The van der Waals surface area contributed by atoms with Gasteiger partial charge >= 0.3 is 17.9 Å². The maximum atomic E-state index is 12.5. The zero-order valence-corrected chi connectivity index (χ0v) is 33.7. The quantitative estimate of drug-likeness (QED) is 0.0274. The van der Waals surface area contributed by atoms with Crippen molar-refractivity contribution in [1.82, 2.24) is 4.90 Å². The van der Waals surface area contributed by atoms with Crippen LogP contribution in [0.15, 0.2) is 36.5 Å². The van der Waals surface area contributed by atoms with Crippen molar-refractivity contribution in [2.24, 2.45) is 0 Å². The smallest absolute Gasteiger partial charge is 0.306 e. The third kappa shape index (κ3) is 38.6. The number of carbonyl (C=O) groups excluding carboxylic acids is 3. The van der Waals surface area contributed by atoms with Crippen molar-refractivity contribution < 1.29 is 28.6 Å². The second-order valence-corrected chi connectivity index (χ2v) is 14.3. The molecule has 0 saturated heterocycles. The molecule has 0 spiro atoms. The molecule has 51 heavy (non-hydrogen) atoms. The molecule has 0 saturated carbocycles. The lowest BCUT2D eigenvalue weighted by atomic mass is 10.0. The van der Waals surface area contributed by atoms with Crippen molar-refractivity contribution in [3.63, 3.8) is 0 Å². The largest absolute Gasteiger partial charge is 0.462 e. The first-order valence-corrected chi connectivity index (χ1v) is 21.0. The summed E-state index contributed by atoms with van der Waals surface area (Å²) in [5, 5.41) is 0. The van der Waals surface area contributed by atoms with Gasteiger partial charge in [0, 0.05) is 19.3 Å². The zero-order valence-electron chi connectivity index (χ0n) is 33.7. The molecule has 0 aliphatic carbocycles. The molecule has 1 atom stereocenters. The highest BCUT2D eigenvalue weighted by Crippen LogP contribution is 2.18. The molecular formula is C44H79NO6. The number of rotatable bonds is 37. The fraction of sp³-hybridized carbons (Fsp3) is 0.795. The first kappa shape index (κ1) is 48.6. The van der Waals surface area contributed by atoms with Gasteiger partial charge in [-0.2, -0.15) is 0 Å². The first-order chi connectivity index (χ1) is 24.9. The van der Waals surface area contributed by atoms with Crippen LogP contribution in [0.2, 0.25) is 0 Å². The monoisotopic (exact) mass is 718 g/mol. The van der Waals surface area contributed by atoms with Gasteiger partial charge in [-0.1, -0.05) is 127 Å². The highest BCUT2D eigenvalue weighted by Gasteiger charge is 2.14. The molecule has 1 unspecified atom stereocenters. The summed E-state index contributed by atoms with van der Waals surface area (Å²) in [6, 6.07) is 0. The predicted octanol–water partition coefficient (Wildman–Crippen LogP) is 11.8. The molecule has 0 amide bonds. The lowest BCUT2D eigenvalue weighted by molar-refractivity contribution is -0.150. The summed E-state index contributed by atoms with van der Waals surface area (Å²) >= 11 is 0. The number of allylic oxidation sites excluding steroid dienone is 4. The van der Waals surface area contributed by atoms with E-state index < -0.39 is 0 Å². The number of ether oxygens (including phenoxy) is 3. The normalized spacial score (nSPS) is 12.4. The van der Waals surface area contributed by atoms with E-state index in [2.05, 4.69) is 43.1 Å². The van der Waals surface area contributed by atoms with E-state index in [1.54, 1.807) is 0 Å². The molecule has 0 radical (unpaired) electrons. The van der Waals surface area contributed by atoms with Gasteiger partial charge in [-0.3, -0.25) is 14.4 Å². The summed E-state index contributed by atoms with van der Waals surface area (Å²) in [6.45, 7) is 6.06. The molecule has 0 fully saturated rings. The first-order valence-electron chi connectivity index (χ1n) is 21.0. The van der Waals surface area contributed by atoms with Crippen LogP contribution in [0.5, 0.6) is 0 Å². The molecule has 7 heteroatoms. The summed E-state index contributed by atoms with van der Waals surface area (Å²) in [5.41, 5.74) is 0. The van der Waals surface area contributed by atoms with E-state index in [-0.39, 0.29) is 24.0 Å². The van der Waals surface area contributed by atoms with E-state index in [0.717, 1.165) is 109 Å². The minimum atomic E-state index is -0.122. The Bertz CT molecular complexity index is 896. The van der Waals surface area contributed by atoms with Gasteiger partial charge < -0.3 is 19.1 Å². The van der Waals surface area contributed by atoms with Gasteiger partial charge in [0.05, 0.1) is 0 Å². The van der Waals surface area contributed by atoms with Gasteiger partial charge in [0.15, 0.2) is 0 Å². The molecule has 0 aliphatic heterocycles. The molecule has 0 aromatic rings. The average molecular weight is 718 g/mol. The van der Waals surface area contributed by atoms with E-state index in [1.165, 1.54) is 51.4 Å². The van der Waals surface area contributed by atoms with Crippen LogP contribution in [-0.2, 0) is 28.6 Å². The Morgan fingerprint density at radius 2 is 0.922 bits per heavy atom. The second-order valence-electron chi connectivity index (χ2n) is 14.3. The van der Waals surface area contributed by atoms with Gasteiger partial charge in [-0.15, -0.1) is 0 Å². The molecular weight excluding hydrogens is 638 g/mol. The molecule has 0 aromatic heterocycles. The lowest BCUT2D eigenvalue weighted by Crippen LogP contribution is -2.20. The number of nitrogens with zero attached hydrogens (tertiary/aromatic N) is 1. The summed E-state index contributed by atoms with van der Waals surface area (Å²) < 4.78 is 16.6. The molecule has 0 N–H and O–H groups in total. The average Bonchev–Trinajstić information content (AvgIpc) is 3.10. The minimum Gasteiger partial charge on any atom is -0.462 e. The van der Waals surface area contributed by atoms with Crippen molar-refractivity contribution in [3.05, 3.63) is 36.5 Å². The summed E-state index contributed by atoms with van der Waals surface area (Å²) in [5.74, 6) is -0.320. The van der Waals surface area contributed by atoms with Crippen LogP contribution in [0.3, 0.4) is 0 Å². The van der Waals surface area contributed by atoms with Crippen molar-refractivity contribution in [3.8, 4) is 0 Å². The van der Waals surface area contributed by atoms with Crippen LogP contribution in [0, 0.1) is 0 Å². The Morgan fingerprint density at radius 1 is 0.490 bits per heavy atom. The van der Waals surface area contributed by atoms with Crippen molar-refractivity contribution in [2.75, 3.05) is 33.9 Å². The SMILES string of the molecule is CCCCCC/C=C\C/C=C\COC(=O)CCCCCCCC(CCCCCCCC(=O)OC/C=C\CCCCCC)OC(=O)CCCN(C)C. The van der Waals surface area contributed by atoms with E-state index in [4.69, 9.17) is 14.2 Å². The maximum absolute atomic E-state index is 12.5. The van der Waals surface area contributed by atoms with Crippen LogP contribution < -0.4 is 0 Å². The van der Waals surface area contributed by atoms with Crippen LogP contribution >= 0.6 is 0 Å². The van der Waals surface area contributed by atoms with Crippen molar-refractivity contribution in [1.29, 1.82) is 0 Å². The van der Waals surface area contributed by atoms with Crippen LogP contribution in [-0.4, -0.2) is 62.8 Å². The highest BCUT2D eigenvalue weighted by atomic mass is 16.5. The van der Waals surface area contributed by atoms with Gasteiger partial charge in [-0.25, -0.2) is 0 Å². The van der Waals surface area contributed by atoms with Crippen LogP contribution in [0.1, 0.15) is 187 Å². The van der Waals surface area contributed by atoms with Crippen LogP contribution in [0.4, 0.5) is 0 Å². The van der Waals surface area contributed by atoms with E-state index in [1.807, 2.05) is 26.2 Å². The van der Waals surface area contributed by atoms with Crippen molar-refractivity contribution in [2.45, 2.75) is 193 Å². The Balaban J connectivity index is 4.11. The Morgan fingerprint density at radius 3 is 1.45 bits per heavy atom. The fourth-order valence-electron chi connectivity index (χ4n) is 5.84. The third-order valence-electron chi connectivity index (χ3n) is 9.00. The molecule has 0 aromatic carbocycles. The third-order valence-corrected chi connectivity index (χ3v) is 9.00. The molecule has 0 heterocycles. The Hall–Kier alpha value is -2.41. The number of hydrogen-bond acceptors (Lipinski definition) is 7. The maximum Gasteiger partial charge on any atom is 0.306 e. The zero-order chi connectivity index (χ0) is 37.5. The van der Waals surface area contributed by atoms with Gasteiger partial charge in [0.25, 0.3) is 0 Å². The minimum absolute atomic E-state index is 0.0316. The standard InChI is InChI=1S/C44H79NO6/c1-5-7-9-11-13-14-15-17-25-31-40-50-43(47)36-29-23-19-21-27-34-41(51-44(48)37-32-38-45(3)4)33-26-20-18-22-28-35-42(46)49-39-30-24-16-12-10-8-6-2/h14-15,24-25,30-31,41H,5-13,16-23,26-29,32-40H2,1-4H3/b15-14-,30-24-,31-25-. The summed E-state index contributed by atoms with van der Waals surface area (Å²) in [6.07, 6.45) is 39.8. The van der Waals surface area contributed by atoms with E-state index in [9.17, 15) is 14.4 Å². The Labute approximate surface area is 314 Å². The molecule has 0 aliphatic rings. The lowest BCUT2D eigenvalue weighted by Gasteiger charge is -2.18. The topological polar surface area (TPSA) is 82.1 Å². The number of carbonyl (C=O) groups is 3. The highest BCUT2D eigenvalue weighted by molar-refractivity contribution is 5.70. The van der Waals surface area contributed by atoms with Gasteiger partial charge in [0.1, 0.15) is 19.3 Å². The molecule has 296 valence electrons. The second kappa shape index (κ2) is 38.8. The Kier molecular flexibility index (Phi) is 37.0. The van der Waals surface area contributed by atoms with E-state index in [0.29, 0.717) is 32.5 Å². The number of esters is 3. The molecule has 0 bridgehead atoms. The van der Waals surface area contributed by atoms with Gasteiger partial charge in [-0.05, 0) is 97.7 Å². The van der Waals surface area contributed by atoms with Crippen LogP contribution in [0.25, 0.3) is 0 Å². The van der Waals surface area contributed by atoms with E-state index >= 15 is 0 Å². The summed E-state index contributed by atoms with van der Waals surface area (Å²) in [4.78, 5) is 38.7. The molecule has 7 nitrogen and oxygen atoms in total.